The Morgan fingerprint density at radius 2 is 1.95 bits per heavy atom. The molecular weight excluding hydrogens is 272 g/mol. The average molecular weight is 291 g/mol. The molecule has 3 nitrogen and oxygen atoms in total. The van der Waals surface area contributed by atoms with E-state index in [1.54, 1.807) is 6.20 Å². The van der Waals surface area contributed by atoms with Gasteiger partial charge in [0.1, 0.15) is 5.75 Å². The zero-order valence-corrected chi connectivity index (χ0v) is 12.6. The van der Waals surface area contributed by atoms with E-state index in [1.165, 1.54) is 5.56 Å². The second kappa shape index (κ2) is 7.27. The van der Waals surface area contributed by atoms with Gasteiger partial charge in [-0.2, -0.15) is 0 Å². The van der Waals surface area contributed by atoms with Crippen molar-refractivity contribution in [1.82, 2.24) is 10.3 Å². The summed E-state index contributed by atoms with van der Waals surface area (Å²) in [5.74, 6) is 1.35. The lowest BCUT2D eigenvalue weighted by molar-refractivity contribution is 0.461. The van der Waals surface area contributed by atoms with Gasteiger partial charge in [0, 0.05) is 18.8 Å². The largest absolute Gasteiger partial charge is 0.439 e. The summed E-state index contributed by atoms with van der Waals surface area (Å²) in [6.07, 6.45) is 2.65. The summed E-state index contributed by atoms with van der Waals surface area (Å²) in [6.45, 7) is 5.79. The Kier molecular flexibility index (Phi) is 5.39. The highest BCUT2D eigenvalue weighted by molar-refractivity contribution is 6.31. The van der Waals surface area contributed by atoms with Gasteiger partial charge >= 0.3 is 0 Å². The van der Waals surface area contributed by atoms with E-state index in [4.69, 9.17) is 16.3 Å². The molecule has 0 aliphatic rings. The van der Waals surface area contributed by atoms with Crippen molar-refractivity contribution in [2.75, 3.05) is 6.54 Å². The lowest BCUT2D eigenvalue weighted by atomic mass is 10.2. The first-order valence-electron chi connectivity index (χ1n) is 6.84. The Bertz CT molecular complexity index is 555. The molecule has 2 aromatic rings. The third-order valence-electron chi connectivity index (χ3n) is 3.03. The fourth-order valence-corrected chi connectivity index (χ4v) is 1.99. The normalized spacial score (nSPS) is 10.6. The molecule has 0 aliphatic heterocycles. The molecule has 4 heteroatoms. The molecule has 0 amide bonds. The summed E-state index contributed by atoms with van der Waals surface area (Å²) >= 11 is 6.12. The van der Waals surface area contributed by atoms with Gasteiger partial charge in [-0.25, -0.2) is 4.98 Å². The van der Waals surface area contributed by atoms with Crippen molar-refractivity contribution in [2.24, 2.45) is 0 Å². The average Bonchev–Trinajstić information content (AvgIpc) is 2.48. The van der Waals surface area contributed by atoms with Crippen LogP contribution in [0.5, 0.6) is 11.6 Å². The van der Waals surface area contributed by atoms with E-state index in [0.29, 0.717) is 17.4 Å². The standard InChI is InChI=1S/C16H19ClN2O/c1-3-12-5-7-14(8-6-12)20-16-9-13(10-18-4-2)15(17)11-19-16/h5-9,11,18H,3-4,10H2,1-2H3. The smallest absolute Gasteiger partial charge is 0.219 e. The Hall–Kier alpha value is -1.58. The molecule has 0 unspecified atom stereocenters. The molecule has 0 fully saturated rings. The van der Waals surface area contributed by atoms with Crippen molar-refractivity contribution in [3.63, 3.8) is 0 Å². The van der Waals surface area contributed by atoms with Crippen LogP contribution in [0.2, 0.25) is 5.02 Å². The maximum absolute atomic E-state index is 6.12. The number of benzene rings is 1. The Morgan fingerprint density at radius 1 is 1.20 bits per heavy atom. The third-order valence-corrected chi connectivity index (χ3v) is 3.37. The van der Waals surface area contributed by atoms with E-state index >= 15 is 0 Å². The number of nitrogens with one attached hydrogen (secondary N) is 1. The number of nitrogens with zero attached hydrogens (tertiary/aromatic N) is 1. The van der Waals surface area contributed by atoms with Crippen LogP contribution in [-0.2, 0) is 13.0 Å². The maximum Gasteiger partial charge on any atom is 0.219 e. The van der Waals surface area contributed by atoms with Crippen molar-refractivity contribution < 1.29 is 4.74 Å². The molecule has 0 aliphatic carbocycles. The zero-order valence-electron chi connectivity index (χ0n) is 11.8. The number of hydrogen-bond donors (Lipinski definition) is 1. The number of aromatic nitrogens is 1. The zero-order chi connectivity index (χ0) is 14.4. The minimum Gasteiger partial charge on any atom is -0.439 e. The fraction of sp³-hybridized carbons (Fsp3) is 0.312. The van der Waals surface area contributed by atoms with Crippen LogP contribution in [0.15, 0.2) is 36.5 Å². The quantitative estimate of drug-likeness (QED) is 0.866. The van der Waals surface area contributed by atoms with Gasteiger partial charge in [-0.1, -0.05) is 37.6 Å². The van der Waals surface area contributed by atoms with Crippen LogP contribution in [0.25, 0.3) is 0 Å². The number of rotatable bonds is 6. The number of halogens is 1. The van der Waals surface area contributed by atoms with E-state index in [2.05, 4.69) is 36.3 Å². The van der Waals surface area contributed by atoms with Crippen molar-refractivity contribution in [3.8, 4) is 11.6 Å². The predicted molar refractivity (Wildman–Crippen MR) is 82.5 cm³/mol. The number of hydrogen-bond acceptors (Lipinski definition) is 3. The van der Waals surface area contributed by atoms with Gasteiger partial charge in [0.05, 0.1) is 5.02 Å². The molecule has 0 bridgehead atoms. The SMILES string of the molecule is CCNCc1cc(Oc2ccc(CC)cc2)ncc1Cl. The Labute approximate surface area is 124 Å². The van der Waals surface area contributed by atoms with Gasteiger partial charge in [0.15, 0.2) is 0 Å². The Morgan fingerprint density at radius 3 is 2.60 bits per heavy atom. The van der Waals surface area contributed by atoms with Crippen molar-refractivity contribution in [2.45, 2.75) is 26.8 Å². The van der Waals surface area contributed by atoms with Gasteiger partial charge in [0.25, 0.3) is 0 Å². The van der Waals surface area contributed by atoms with Crippen molar-refractivity contribution in [1.29, 1.82) is 0 Å². The predicted octanol–water partition coefficient (Wildman–Crippen LogP) is 4.20. The van der Waals surface area contributed by atoms with Crippen LogP contribution in [0.1, 0.15) is 25.0 Å². The number of pyridine rings is 1. The second-order valence-corrected chi connectivity index (χ2v) is 4.90. The molecular formula is C16H19ClN2O. The lowest BCUT2D eigenvalue weighted by Gasteiger charge is -2.09. The summed E-state index contributed by atoms with van der Waals surface area (Å²) in [7, 11) is 0. The summed E-state index contributed by atoms with van der Waals surface area (Å²) in [5.41, 5.74) is 2.28. The molecule has 0 radical (unpaired) electrons. The molecule has 1 heterocycles. The van der Waals surface area contributed by atoms with E-state index in [0.717, 1.165) is 24.3 Å². The fourth-order valence-electron chi connectivity index (χ4n) is 1.82. The molecule has 0 saturated heterocycles. The molecule has 1 N–H and O–H groups in total. The third kappa shape index (κ3) is 3.95. The van der Waals surface area contributed by atoms with Crippen LogP contribution in [0, 0.1) is 0 Å². The topological polar surface area (TPSA) is 34.1 Å². The minimum atomic E-state index is 0.562. The van der Waals surface area contributed by atoms with Gasteiger partial charge in [-0.3, -0.25) is 0 Å². The number of ether oxygens (including phenoxy) is 1. The van der Waals surface area contributed by atoms with Crippen LogP contribution >= 0.6 is 11.6 Å². The van der Waals surface area contributed by atoms with Crippen LogP contribution in [0.4, 0.5) is 0 Å². The van der Waals surface area contributed by atoms with Crippen molar-refractivity contribution in [3.05, 3.63) is 52.7 Å². The van der Waals surface area contributed by atoms with E-state index in [-0.39, 0.29) is 0 Å². The van der Waals surface area contributed by atoms with Gasteiger partial charge in [-0.05, 0) is 36.2 Å². The van der Waals surface area contributed by atoms with E-state index in [9.17, 15) is 0 Å². The molecule has 0 saturated carbocycles. The summed E-state index contributed by atoms with van der Waals surface area (Å²) < 4.78 is 5.76. The van der Waals surface area contributed by atoms with Gasteiger partial charge < -0.3 is 10.1 Å². The summed E-state index contributed by atoms with van der Waals surface area (Å²) in [5, 5.41) is 3.90. The molecule has 1 aromatic carbocycles. The summed E-state index contributed by atoms with van der Waals surface area (Å²) in [6, 6.07) is 9.91. The lowest BCUT2D eigenvalue weighted by Crippen LogP contribution is -2.12. The molecule has 20 heavy (non-hydrogen) atoms. The first-order chi connectivity index (χ1) is 9.72. The van der Waals surface area contributed by atoms with Gasteiger partial charge in [-0.15, -0.1) is 0 Å². The minimum absolute atomic E-state index is 0.562. The van der Waals surface area contributed by atoms with E-state index in [1.807, 2.05) is 18.2 Å². The summed E-state index contributed by atoms with van der Waals surface area (Å²) in [4.78, 5) is 4.20. The van der Waals surface area contributed by atoms with E-state index < -0.39 is 0 Å². The monoisotopic (exact) mass is 290 g/mol. The van der Waals surface area contributed by atoms with Gasteiger partial charge in [0.2, 0.25) is 5.88 Å². The van der Waals surface area contributed by atoms with Crippen LogP contribution < -0.4 is 10.1 Å². The molecule has 0 spiro atoms. The maximum atomic E-state index is 6.12. The Balaban J connectivity index is 2.11. The first-order valence-corrected chi connectivity index (χ1v) is 7.22. The highest BCUT2D eigenvalue weighted by Crippen LogP contribution is 2.24. The van der Waals surface area contributed by atoms with Crippen molar-refractivity contribution >= 4 is 11.6 Å². The highest BCUT2D eigenvalue weighted by atomic mass is 35.5. The number of aryl methyl sites for hydroxylation is 1. The molecule has 0 atom stereocenters. The molecule has 106 valence electrons. The van der Waals surface area contributed by atoms with Crippen LogP contribution in [0.3, 0.4) is 0 Å². The molecule has 1 aromatic heterocycles. The first kappa shape index (κ1) is 14.8. The second-order valence-electron chi connectivity index (χ2n) is 4.49. The molecule has 2 rings (SSSR count). The highest BCUT2D eigenvalue weighted by Gasteiger charge is 2.05. The van der Waals surface area contributed by atoms with Crippen LogP contribution in [-0.4, -0.2) is 11.5 Å².